The molecule has 0 aliphatic heterocycles. The number of aromatic hydroxyl groups is 1. The van der Waals surface area contributed by atoms with Gasteiger partial charge in [-0.05, 0) is 29.3 Å². The van der Waals surface area contributed by atoms with Crippen LogP contribution in [0.5, 0.6) is 5.75 Å². The molecule has 0 saturated carbocycles. The summed E-state index contributed by atoms with van der Waals surface area (Å²) in [6.45, 7) is 0. The van der Waals surface area contributed by atoms with E-state index in [1.165, 1.54) is 36.4 Å². The maximum Gasteiger partial charge on any atom is 0.323 e. The van der Waals surface area contributed by atoms with Crippen LogP contribution in [0.25, 0.3) is 0 Å². The summed E-state index contributed by atoms with van der Waals surface area (Å²) >= 11 is 0. The van der Waals surface area contributed by atoms with E-state index in [0.29, 0.717) is 5.01 Å². The predicted octanol–water partition coefficient (Wildman–Crippen LogP) is 2.23. The Hall–Kier alpha value is -2.89. The van der Waals surface area contributed by atoms with Crippen LogP contribution in [0.3, 0.4) is 0 Å². The van der Waals surface area contributed by atoms with Gasteiger partial charge in [-0.25, -0.2) is 10.1 Å². The van der Waals surface area contributed by atoms with Crippen LogP contribution in [-0.2, 0) is 0 Å². The predicted molar refractivity (Wildman–Crippen MR) is 68.4 cm³/mol. The number of hydrogen-bond acceptors (Lipinski definition) is 4. The summed E-state index contributed by atoms with van der Waals surface area (Å²) in [5.41, 5.74) is 0.00352. The van der Waals surface area contributed by atoms with Gasteiger partial charge in [-0.1, -0.05) is 30.3 Å². The van der Waals surface area contributed by atoms with Crippen molar-refractivity contribution in [1.82, 2.24) is 0 Å². The van der Waals surface area contributed by atoms with E-state index in [-0.39, 0.29) is 17.0 Å². The van der Waals surface area contributed by atoms with Crippen molar-refractivity contribution in [3.05, 3.63) is 70.3 Å². The lowest BCUT2D eigenvalue weighted by Gasteiger charge is -2.12. The summed E-state index contributed by atoms with van der Waals surface area (Å²) < 4.78 is 0. The highest BCUT2D eigenvalue weighted by Crippen LogP contribution is 2.22. The van der Waals surface area contributed by atoms with Crippen LogP contribution in [0.15, 0.2) is 54.6 Å². The molecule has 19 heavy (non-hydrogen) atoms. The minimum atomic E-state index is -0.894. The molecule has 0 bridgehead atoms. The Morgan fingerprint density at radius 1 is 1.05 bits per heavy atom. The number of phenolic OH excluding ortho intramolecular Hbond substituents is 1. The van der Waals surface area contributed by atoms with Gasteiger partial charge < -0.3 is 5.11 Å². The standard InChI is InChI=1S/C13H10N2O4/c16-12-9-5-4-8-11(12)13(17)14(15(18)19)10-6-2-1-3-7-10/h1-9,16H. The van der Waals surface area contributed by atoms with Crippen molar-refractivity contribution in [1.29, 1.82) is 0 Å². The molecule has 0 saturated heterocycles. The molecule has 0 radical (unpaired) electrons. The normalized spacial score (nSPS) is 9.89. The average molecular weight is 258 g/mol. The first-order valence-electron chi connectivity index (χ1n) is 5.43. The van der Waals surface area contributed by atoms with Gasteiger partial charge in [0.15, 0.2) is 5.03 Å². The van der Waals surface area contributed by atoms with E-state index in [2.05, 4.69) is 0 Å². The van der Waals surface area contributed by atoms with Gasteiger partial charge in [-0.15, -0.1) is 0 Å². The summed E-state index contributed by atoms with van der Waals surface area (Å²) in [5.74, 6) is -1.19. The summed E-state index contributed by atoms with van der Waals surface area (Å²) in [5, 5.41) is 20.2. The quantitative estimate of drug-likeness (QED) is 0.675. The van der Waals surface area contributed by atoms with Crippen molar-refractivity contribution in [2.45, 2.75) is 0 Å². The number of hydrogen-bond donors (Lipinski definition) is 1. The van der Waals surface area contributed by atoms with Gasteiger partial charge in [0.1, 0.15) is 11.4 Å². The van der Waals surface area contributed by atoms with Gasteiger partial charge in [-0.3, -0.25) is 4.79 Å². The van der Waals surface area contributed by atoms with Gasteiger partial charge in [0.2, 0.25) is 0 Å². The molecular formula is C13H10N2O4. The van der Waals surface area contributed by atoms with Crippen molar-refractivity contribution in [3.8, 4) is 5.75 Å². The number of phenols is 1. The number of hydrazine groups is 1. The zero-order chi connectivity index (χ0) is 13.8. The largest absolute Gasteiger partial charge is 0.507 e. The lowest BCUT2D eigenvalue weighted by molar-refractivity contribution is -0.481. The van der Waals surface area contributed by atoms with Crippen molar-refractivity contribution >= 4 is 11.6 Å². The van der Waals surface area contributed by atoms with Crippen LogP contribution < -0.4 is 5.01 Å². The molecule has 2 aromatic carbocycles. The van der Waals surface area contributed by atoms with E-state index >= 15 is 0 Å². The molecule has 1 amide bonds. The van der Waals surface area contributed by atoms with E-state index in [4.69, 9.17) is 0 Å². The van der Waals surface area contributed by atoms with Crippen molar-refractivity contribution in [2.75, 3.05) is 5.01 Å². The smallest absolute Gasteiger partial charge is 0.323 e. The molecule has 2 aromatic rings. The Balaban J connectivity index is 2.44. The number of carbonyl (C=O) groups excluding carboxylic acids is 1. The topological polar surface area (TPSA) is 83.7 Å². The minimum Gasteiger partial charge on any atom is -0.507 e. The highest BCUT2D eigenvalue weighted by molar-refractivity contribution is 6.06. The molecule has 0 spiro atoms. The van der Waals surface area contributed by atoms with Crippen LogP contribution in [-0.4, -0.2) is 16.0 Å². The van der Waals surface area contributed by atoms with Gasteiger partial charge in [-0.2, -0.15) is 0 Å². The Morgan fingerprint density at radius 2 is 1.63 bits per heavy atom. The molecule has 96 valence electrons. The molecule has 0 heterocycles. The fourth-order valence-electron chi connectivity index (χ4n) is 1.62. The lowest BCUT2D eigenvalue weighted by atomic mass is 10.2. The molecular weight excluding hydrogens is 248 g/mol. The molecule has 0 unspecified atom stereocenters. The Labute approximate surface area is 108 Å². The van der Waals surface area contributed by atoms with Gasteiger partial charge >= 0.3 is 5.91 Å². The average Bonchev–Trinajstić information content (AvgIpc) is 2.40. The fraction of sp³-hybridized carbons (Fsp3) is 0. The number of nitro groups is 1. The second-order valence-corrected chi connectivity index (χ2v) is 3.71. The van der Waals surface area contributed by atoms with Crippen LogP contribution in [0.2, 0.25) is 0 Å². The van der Waals surface area contributed by atoms with Crippen LogP contribution in [0, 0.1) is 10.1 Å². The molecule has 0 aromatic heterocycles. The van der Waals surface area contributed by atoms with Gasteiger partial charge in [0, 0.05) is 0 Å². The number of benzene rings is 2. The number of para-hydroxylation sites is 2. The minimum absolute atomic E-state index is 0.122. The van der Waals surface area contributed by atoms with E-state index in [0.717, 1.165) is 0 Å². The van der Waals surface area contributed by atoms with Gasteiger partial charge in [0.05, 0.1) is 5.56 Å². The number of anilines is 1. The van der Waals surface area contributed by atoms with Crippen LogP contribution in [0.1, 0.15) is 10.4 Å². The zero-order valence-corrected chi connectivity index (χ0v) is 9.76. The van der Waals surface area contributed by atoms with E-state index in [1.807, 2.05) is 0 Å². The van der Waals surface area contributed by atoms with E-state index in [1.54, 1.807) is 18.2 Å². The van der Waals surface area contributed by atoms with Gasteiger partial charge in [0.25, 0.3) is 0 Å². The molecule has 0 aliphatic rings. The summed E-state index contributed by atoms with van der Waals surface area (Å²) in [4.78, 5) is 23.2. The van der Waals surface area contributed by atoms with Crippen molar-refractivity contribution < 1.29 is 14.9 Å². The Morgan fingerprint density at radius 3 is 2.21 bits per heavy atom. The summed E-state index contributed by atoms with van der Waals surface area (Å²) in [6.07, 6.45) is 0. The molecule has 0 aliphatic carbocycles. The first kappa shape index (κ1) is 12.6. The summed E-state index contributed by atoms with van der Waals surface area (Å²) in [7, 11) is 0. The molecule has 2 rings (SSSR count). The lowest BCUT2D eigenvalue weighted by Crippen LogP contribution is -2.36. The first-order chi connectivity index (χ1) is 9.11. The highest BCUT2D eigenvalue weighted by Gasteiger charge is 2.29. The molecule has 0 fully saturated rings. The highest BCUT2D eigenvalue weighted by atomic mass is 16.7. The number of nitrogens with zero attached hydrogens (tertiary/aromatic N) is 2. The van der Waals surface area contributed by atoms with E-state index in [9.17, 15) is 20.0 Å². The van der Waals surface area contributed by atoms with Crippen LogP contribution >= 0.6 is 0 Å². The third-order valence-corrected chi connectivity index (χ3v) is 2.49. The third kappa shape index (κ3) is 2.52. The third-order valence-electron chi connectivity index (χ3n) is 2.49. The Bertz CT molecular complexity index is 613. The number of carbonyl (C=O) groups is 1. The molecule has 6 heteroatoms. The second-order valence-electron chi connectivity index (χ2n) is 3.71. The van der Waals surface area contributed by atoms with Crippen molar-refractivity contribution in [2.24, 2.45) is 0 Å². The maximum atomic E-state index is 12.1. The number of rotatable bonds is 3. The fourth-order valence-corrected chi connectivity index (χ4v) is 1.62. The number of amides is 1. The van der Waals surface area contributed by atoms with Crippen molar-refractivity contribution in [3.63, 3.8) is 0 Å². The van der Waals surface area contributed by atoms with E-state index < -0.39 is 10.9 Å². The monoisotopic (exact) mass is 258 g/mol. The molecule has 1 N–H and O–H groups in total. The van der Waals surface area contributed by atoms with Crippen LogP contribution in [0.4, 0.5) is 5.69 Å². The Kier molecular flexibility index (Phi) is 3.42. The molecule has 0 atom stereocenters. The molecule has 6 nitrogen and oxygen atoms in total. The SMILES string of the molecule is O=C(c1ccccc1O)N(c1ccccc1)[N+](=O)[O-]. The summed E-state index contributed by atoms with van der Waals surface area (Å²) in [6, 6.07) is 13.4. The maximum absolute atomic E-state index is 12.1. The second kappa shape index (κ2) is 5.18. The zero-order valence-electron chi connectivity index (χ0n) is 9.76. The first-order valence-corrected chi connectivity index (χ1v) is 5.43.